The van der Waals surface area contributed by atoms with Crippen LogP contribution in [0.4, 0.5) is 29.4 Å². The Kier molecular flexibility index (Phi) is 5.00. The number of benzene rings is 1. The Labute approximate surface area is 162 Å². The third-order valence-corrected chi connectivity index (χ3v) is 4.12. The van der Waals surface area contributed by atoms with E-state index in [1.54, 1.807) is 12.3 Å². The topological polar surface area (TPSA) is 110 Å². The van der Waals surface area contributed by atoms with Crippen LogP contribution in [0.25, 0.3) is 0 Å². The summed E-state index contributed by atoms with van der Waals surface area (Å²) in [5.41, 5.74) is 0.786. The summed E-state index contributed by atoms with van der Waals surface area (Å²) in [5, 5.41) is 6.30. The molecule has 0 saturated carbocycles. The van der Waals surface area contributed by atoms with E-state index in [0.717, 1.165) is 24.5 Å². The normalized spacial score (nSPS) is 11.9. The Bertz CT molecular complexity index is 950. The Morgan fingerprint density at radius 3 is 2.50 bits per heavy atom. The molecule has 144 valence electrons. The molecule has 10 heteroatoms. The molecule has 0 saturated heterocycles. The van der Waals surface area contributed by atoms with Gasteiger partial charge in [-0.05, 0) is 32.0 Å². The molecule has 2 N–H and O–H groups in total. The lowest BCUT2D eigenvalue weighted by atomic mass is 10.3. The van der Waals surface area contributed by atoms with Crippen LogP contribution in [0.15, 0.2) is 36.8 Å². The number of aromatic nitrogens is 5. The summed E-state index contributed by atoms with van der Waals surface area (Å²) in [6, 6.07) is 7.32. The van der Waals surface area contributed by atoms with Gasteiger partial charge in [-0.25, -0.2) is 9.97 Å². The number of hydrogen-bond acceptors (Lipinski definition) is 10. The standard InChI is InChI=1S/C18H20N8O2/c1-3-26(4-2)18-24-16(21-12-5-6-13-14(9-12)28-11-27-13)23-17(25-18)22-15-7-8-19-10-20-15/h5-10H,3-4,11H2,1-2H3,(H2,19,20,21,22,23,24,25). The zero-order valence-electron chi connectivity index (χ0n) is 15.6. The van der Waals surface area contributed by atoms with Gasteiger partial charge in [0.15, 0.2) is 11.5 Å². The summed E-state index contributed by atoms with van der Waals surface area (Å²) in [5.74, 6) is 3.37. The van der Waals surface area contributed by atoms with E-state index in [1.807, 2.05) is 23.1 Å². The molecule has 0 spiro atoms. The number of hydrogen-bond donors (Lipinski definition) is 2. The molecule has 2 aromatic heterocycles. The van der Waals surface area contributed by atoms with Crippen LogP contribution in [0, 0.1) is 0 Å². The molecule has 0 unspecified atom stereocenters. The SMILES string of the molecule is CCN(CC)c1nc(Nc2ccc3c(c2)OCO3)nc(Nc2ccncn2)n1. The van der Waals surface area contributed by atoms with Gasteiger partial charge in [0.25, 0.3) is 0 Å². The van der Waals surface area contributed by atoms with Gasteiger partial charge in [-0.1, -0.05) is 0 Å². The maximum Gasteiger partial charge on any atom is 0.235 e. The van der Waals surface area contributed by atoms with Gasteiger partial charge in [0, 0.05) is 31.0 Å². The maximum atomic E-state index is 5.43. The van der Waals surface area contributed by atoms with Gasteiger partial charge < -0.3 is 25.0 Å². The van der Waals surface area contributed by atoms with Crippen LogP contribution < -0.4 is 25.0 Å². The van der Waals surface area contributed by atoms with Crippen molar-refractivity contribution >= 4 is 29.4 Å². The van der Waals surface area contributed by atoms with Crippen molar-refractivity contribution in [3.05, 3.63) is 36.8 Å². The van der Waals surface area contributed by atoms with Gasteiger partial charge in [0.2, 0.25) is 24.6 Å². The second kappa shape index (κ2) is 7.91. The molecule has 1 aromatic carbocycles. The molecule has 0 amide bonds. The Morgan fingerprint density at radius 1 is 0.964 bits per heavy atom. The molecule has 0 fully saturated rings. The van der Waals surface area contributed by atoms with Crippen molar-refractivity contribution in [1.82, 2.24) is 24.9 Å². The molecular formula is C18H20N8O2. The van der Waals surface area contributed by atoms with Crippen molar-refractivity contribution in [3.8, 4) is 11.5 Å². The second-order valence-corrected chi connectivity index (χ2v) is 5.87. The first kappa shape index (κ1) is 17.7. The van der Waals surface area contributed by atoms with Crippen LogP contribution in [0.5, 0.6) is 11.5 Å². The lowest BCUT2D eigenvalue weighted by Crippen LogP contribution is -2.25. The average molecular weight is 380 g/mol. The van der Waals surface area contributed by atoms with Crippen LogP contribution in [-0.2, 0) is 0 Å². The summed E-state index contributed by atoms with van der Waals surface area (Å²) < 4.78 is 10.8. The first-order valence-electron chi connectivity index (χ1n) is 8.96. The second-order valence-electron chi connectivity index (χ2n) is 5.87. The van der Waals surface area contributed by atoms with E-state index in [1.165, 1.54) is 6.33 Å². The zero-order chi connectivity index (χ0) is 19.3. The minimum atomic E-state index is 0.226. The summed E-state index contributed by atoms with van der Waals surface area (Å²) in [4.78, 5) is 23.6. The molecule has 3 aromatic rings. The van der Waals surface area contributed by atoms with Crippen LogP contribution >= 0.6 is 0 Å². The number of nitrogens with one attached hydrogen (secondary N) is 2. The van der Waals surface area contributed by atoms with Crippen molar-refractivity contribution in [2.75, 3.05) is 35.4 Å². The van der Waals surface area contributed by atoms with E-state index in [9.17, 15) is 0 Å². The molecular weight excluding hydrogens is 360 g/mol. The van der Waals surface area contributed by atoms with E-state index in [-0.39, 0.29) is 6.79 Å². The lowest BCUT2D eigenvalue weighted by molar-refractivity contribution is 0.174. The Morgan fingerprint density at radius 2 is 1.75 bits per heavy atom. The Balaban J connectivity index is 1.65. The maximum absolute atomic E-state index is 5.43. The summed E-state index contributed by atoms with van der Waals surface area (Å²) in [6.07, 6.45) is 3.11. The molecule has 0 aliphatic carbocycles. The van der Waals surface area contributed by atoms with E-state index in [0.29, 0.717) is 29.4 Å². The molecule has 1 aliphatic rings. The van der Waals surface area contributed by atoms with E-state index >= 15 is 0 Å². The zero-order valence-corrected chi connectivity index (χ0v) is 15.6. The van der Waals surface area contributed by atoms with Gasteiger partial charge >= 0.3 is 0 Å². The first-order chi connectivity index (χ1) is 13.7. The molecule has 10 nitrogen and oxygen atoms in total. The minimum Gasteiger partial charge on any atom is -0.454 e. The molecule has 3 heterocycles. The van der Waals surface area contributed by atoms with Crippen molar-refractivity contribution in [3.63, 3.8) is 0 Å². The van der Waals surface area contributed by atoms with Gasteiger partial charge in [-0.3, -0.25) is 0 Å². The molecule has 0 radical (unpaired) electrons. The van der Waals surface area contributed by atoms with Gasteiger partial charge in [0.1, 0.15) is 12.1 Å². The highest BCUT2D eigenvalue weighted by atomic mass is 16.7. The highest BCUT2D eigenvalue weighted by Gasteiger charge is 2.15. The number of ether oxygens (including phenoxy) is 2. The van der Waals surface area contributed by atoms with E-state index in [2.05, 4.69) is 49.4 Å². The fraction of sp³-hybridized carbons (Fsp3) is 0.278. The molecule has 0 atom stereocenters. The lowest BCUT2D eigenvalue weighted by Gasteiger charge is -2.19. The van der Waals surface area contributed by atoms with Crippen LogP contribution in [0.2, 0.25) is 0 Å². The number of anilines is 5. The molecule has 4 rings (SSSR count). The highest BCUT2D eigenvalue weighted by Crippen LogP contribution is 2.35. The van der Waals surface area contributed by atoms with Crippen LogP contribution in [-0.4, -0.2) is 44.8 Å². The van der Waals surface area contributed by atoms with Crippen molar-refractivity contribution in [2.24, 2.45) is 0 Å². The van der Waals surface area contributed by atoms with Gasteiger partial charge in [-0.2, -0.15) is 15.0 Å². The summed E-state index contributed by atoms with van der Waals surface area (Å²) in [7, 11) is 0. The highest BCUT2D eigenvalue weighted by molar-refractivity contribution is 5.62. The average Bonchev–Trinajstić information content (AvgIpc) is 3.17. The van der Waals surface area contributed by atoms with Gasteiger partial charge in [-0.15, -0.1) is 0 Å². The number of fused-ring (bicyclic) bond motifs is 1. The van der Waals surface area contributed by atoms with E-state index < -0.39 is 0 Å². The molecule has 0 bridgehead atoms. The summed E-state index contributed by atoms with van der Waals surface area (Å²) in [6.45, 7) is 5.88. The van der Waals surface area contributed by atoms with Crippen LogP contribution in [0.1, 0.15) is 13.8 Å². The smallest absolute Gasteiger partial charge is 0.235 e. The summed E-state index contributed by atoms with van der Waals surface area (Å²) >= 11 is 0. The van der Waals surface area contributed by atoms with E-state index in [4.69, 9.17) is 9.47 Å². The largest absolute Gasteiger partial charge is 0.454 e. The van der Waals surface area contributed by atoms with Crippen molar-refractivity contribution in [1.29, 1.82) is 0 Å². The fourth-order valence-corrected chi connectivity index (χ4v) is 2.71. The predicted molar refractivity (Wildman–Crippen MR) is 105 cm³/mol. The van der Waals surface area contributed by atoms with Crippen LogP contribution in [0.3, 0.4) is 0 Å². The molecule has 1 aliphatic heterocycles. The molecule has 28 heavy (non-hydrogen) atoms. The first-order valence-corrected chi connectivity index (χ1v) is 8.96. The fourth-order valence-electron chi connectivity index (χ4n) is 2.71. The van der Waals surface area contributed by atoms with Gasteiger partial charge in [0.05, 0.1) is 0 Å². The quantitative estimate of drug-likeness (QED) is 0.635. The third kappa shape index (κ3) is 3.85. The minimum absolute atomic E-state index is 0.226. The number of rotatable bonds is 7. The Hall–Kier alpha value is -3.69. The number of nitrogens with zero attached hydrogens (tertiary/aromatic N) is 6. The van der Waals surface area contributed by atoms with Crippen molar-refractivity contribution < 1.29 is 9.47 Å². The third-order valence-electron chi connectivity index (χ3n) is 4.12. The monoisotopic (exact) mass is 380 g/mol. The predicted octanol–water partition coefficient (Wildman–Crippen LogP) is 2.72. The van der Waals surface area contributed by atoms with Crippen molar-refractivity contribution in [2.45, 2.75) is 13.8 Å².